The molecule has 0 aliphatic carbocycles. The van der Waals surface area contributed by atoms with Crippen molar-refractivity contribution in [3.8, 4) is 17.1 Å². The third-order valence-corrected chi connectivity index (χ3v) is 8.00. The Balaban J connectivity index is 1.48. The second kappa shape index (κ2) is 12.6. The number of ether oxygens (including phenoxy) is 1. The summed E-state index contributed by atoms with van der Waals surface area (Å²) in [5.74, 6) is -3.90. The van der Waals surface area contributed by atoms with Gasteiger partial charge in [0, 0.05) is 50.1 Å². The van der Waals surface area contributed by atoms with E-state index in [0.29, 0.717) is 61.2 Å². The molecule has 0 unspecified atom stereocenters. The zero-order valence-corrected chi connectivity index (χ0v) is 24.4. The Hall–Kier alpha value is -5.26. The number of alkyl halides is 3. The Labute approximate surface area is 257 Å². The molecule has 0 atom stereocenters. The first-order valence-corrected chi connectivity index (χ1v) is 14.8. The van der Waals surface area contributed by atoms with E-state index in [4.69, 9.17) is 0 Å². The zero-order valence-electron chi connectivity index (χ0n) is 23.6. The van der Waals surface area contributed by atoms with Gasteiger partial charge in [-0.2, -0.15) is 0 Å². The van der Waals surface area contributed by atoms with Crippen LogP contribution in [-0.4, -0.2) is 77.5 Å². The number of hydrogen-bond donors (Lipinski definition) is 1. The van der Waals surface area contributed by atoms with Crippen LogP contribution in [0.2, 0.25) is 0 Å². The topological polar surface area (TPSA) is 148 Å². The number of halogens is 5. The van der Waals surface area contributed by atoms with Gasteiger partial charge in [0.25, 0.3) is 10.0 Å². The normalized spacial score (nSPS) is 14.1. The van der Waals surface area contributed by atoms with Crippen LogP contribution in [0.3, 0.4) is 0 Å². The minimum Gasteiger partial charge on any atom is -0.386 e. The van der Waals surface area contributed by atoms with Gasteiger partial charge in [0.2, 0.25) is 11.8 Å². The van der Waals surface area contributed by atoms with Crippen LogP contribution in [0, 0.1) is 11.6 Å². The molecule has 5 rings (SSSR count). The molecule has 3 aromatic heterocycles. The number of hydrogen-bond acceptors (Lipinski definition) is 10. The Morgan fingerprint density at radius 3 is 2.39 bits per heavy atom. The highest BCUT2D eigenvalue weighted by atomic mass is 32.2. The van der Waals surface area contributed by atoms with Crippen molar-refractivity contribution >= 4 is 44.3 Å². The number of aromatic nitrogens is 4. The van der Waals surface area contributed by atoms with Gasteiger partial charge in [-0.3, -0.25) is 14.3 Å². The first-order chi connectivity index (χ1) is 21.7. The maximum Gasteiger partial charge on any atom is 0.574 e. The third kappa shape index (κ3) is 7.33. The van der Waals surface area contributed by atoms with Crippen LogP contribution in [0.15, 0.2) is 66.0 Å². The third-order valence-electron chi connectivity index (χ3n) is 6.60. The molecule has 46 heavy (non-hydrogen) atoms. The van der Waals surface area contributed by atoms with Crippen LogP contribution in [0.1, 0.15) is 6.92 Å². The minimum absolute atomic E-state index is 0.0381. The molecule has 18 heteroatoms. The largest absolute Gasteiger partial charge is 0.574 e. The molecule has 240 valence electrons. The Morgan fingerprint density at radius 2 is 1.72 bits per heavy atom. The van der Waals surface area contributed by atoms with E-state index in [1.807, 2.05) is 9.62 Å². The van der Waals surface area contributed by atoms with E-state index in [0.717, 1.165) is 12.3 Å². The molecule has 4 heterocycles. The molecule has 4 aromatic rings. The van der Waals surface area contributed by atoms with Gasteiger partial charge in [-0.1, -0.05) is 0 Å². The van der Waals surface area contributed by atoms with Crippen LogP contribution in [0.5, 0.6) is 5.88 Å². The van der Waals surface area contributed by atoms with E-state index >= 15 is 0 Å². The molecular weight excluding hydrogens is 641 g/mol. The number of piperazine rings is 1. The lowest BCUT2D eigenvalue weighted by molar-refractivity contribution is -0.275. The molecule has 1 fully saturated rings. The van der Waals surface area contributed by atoms with E-state index in [1.165, 1.54) is 31.5 Å². The van der Waals surface area contributed by atoms with Crippen LogP contribution in [0.4, 0.5) is 33.5 Å². The summed E-state index contributed by atoms with van der Waals surface area (Å²) in [6.07, 6.45) is -0.588. The molecule has 0 bridgehead atoms. The van der Waals surface area contributed by atoms with E-state index in [9.17, 15) is 40.0 Å². The van der Waals surface area contributed by atoms with Crippen molar-refractivity contribution < 1.29 is 44.7 Å². The lowest BCUT2D eigenvalue weighted by atomic mass is 10.1. The van der Waals surface area contributed by atoms with Crippen molar-refractivity contribution in [2.75, 3.05) is 35.8 Å². The summed E-state index contributed by atoms with van der Waals surface area (Å²) in [6, 6.07) is 5.58. The van der Waals surface area contributed by atoms with Crippen molar-refractivity contribution in [3.05, 3.63) is 72.7 Å². The van der Waals surface area contributed by atoms with Crippen LogP contribution < -0.4 is 14.4 Å². The van der Waals surface area contributed by atoms with Crippen molar-refractivity contribution in [1.29, 1.82) is 0 Å². The molecule has 1 aromatic carbocycles. The van der Waals surface area contributed by atoms with Crippen LogP contribution >= 0.6 is 0 Å². The monoisotopic (exact) mass is 663 g/mol. The van der Waals surface area contributed by atoms with Crippen molar-refractivity contribution in [1.82, 2.24) is 24.8 Å². The van der Waals surface area contributed by atoms with Crippen molar-refractivity contribution in [2.24, 2.45) is 0 Å². The van der Waals surface area contributed by atoms with Gasteiger partial charge in [-0.25, -0.2) is 37.1 Å². The molecule has 0 radical (unpaired) electrons. The van der Waals surface area contributed by atoms with Gasteiger partial charge < -0.3 is 14.5 Å². The summed E-state index contributed by atoms with van der Waals surface area (Å²) in [7, 11) is -4.89. The average molecular weight is 664 g/mol. The lowest BCUT2D eigenvalue weighted by Gasteiger charge is -2.35. The van der Waals surface area contributed by atoms with E-state index in [-0.39, 0.29) is 22.9 Å². The number of amides is 1. The second-order valence-electron chi connectivity index (χ2n) is 9.82. The zero-order chi connectivity index (χ0) is 33.2. The van der Waals surface area contributed by atoms with Gasteiger partial charge >= 0.3 is 6.36 Å². The maximum atomic E-state index is 14.3. The summed E-state index contributed by atoms with van der Waals surface area (Å²) >= 11 is 0. The summed E-state index contributed by atoms with van der Waals surface area (Å²) in [6.45, 7) is 2.67. The SMILES string of the molecule is CC(=O)/C=C/C(=O)N1CCN(c2ncnc3ccc(-c4cnc(OC(F)(F)F)c(NS(=O)(=O)c5ccc(F)cc5F)c4)nc23)CC1. The highest BCUT2D eigenvalue weighted by Crippen LogP contribution is 2.34. The number of carbonyl (C=O) groups excluding carboxylic acids is 2. The Bertz CT molecular complexity index is 1970. The number of pyridine rings is 2. The number of ketones is 1. The van der Waals surface area contributed by atoms with Crippen molar-refractivity contribution in [3.63, 3.8) is 0 Å². The number of carbonyl (C=O) groups is 2. The number of sulfonamides is 1. The summed E-state index contributed by atoms with van der Waals surface area (Å²) in [5.41, 5.74) is 0.0729. The molecule has 1 amide bonds. The summed E-state index contributed by atoms with van der Waals surface area (Å²) in [5, 5.41) is 0. The van der Waals surface area contributed by atoms with Crippen LogP contribution in [0.25, 0.3) is 22.3 Å². The quantitative estimate of drug-likeness (QED) is 0.218. The fraction of sp³-hybridized carbons (Fsp3) is 0.214. The molecule has 0 spiro atoms. The number of allylic oxidation sites excluding steroid dienone is 1. The fourth-order valence-corrected chi connectivity index (χ4v) is 5.61. The van der Waals surface area contributed by atoms with Gasteiger partial charge in [-0.15, -0.1) is 13.2 Å². The molecular formula is C28H22F5N7O5S. The molecule has 1 N–H and O–H groups in total. The Morgan fingerprint density at radius 1 is 0.978 bits per heavy atom. The van der Waals surface area contributed by atoms with Crippen LogP contribution in [-0.2, 0) is 19.6 Å². The summed E-state index contributed by atoms with van der Waals surface area (Å²) < 4.78 is 98.6. The smallest absolute Gasteiger partial charge is 0.386 e. The number of fused-ring (bicyclic) bond motifs is 1. The molecule has 1 saturated heterocycles. The standard InChI is InChI=1S/C28H22F5N7O5S/c1-16(41)2-7-24(42)39-8-10-40(11-9-39)26-25-21(35-15-36-26)5-4-20(37-25)17-12-22(27(34-14-17)45-28(31,32)33)38-46(43,44)23-6-3-18(29)13-19(23)30/h2-7,12-15,38H,8-11H2,1H3/b7-2+. The predicted molar refractivity (Wildman–Crippen MR) is 153 cm³/mol. The number of nitrogens with one attached hydrogen (secondary N) is 1. The predicted octanol–water partition coefficient (Wildman–Crippen LogP) is 3.86. The number of benzene rings is 1. The van der Waals surface area contributed by atoms with Gasteiger partial charge in [0.1, 0.15) is 34.1 Å². The van der Waals surface area contributed by atoms with Gasteiger partial charge in [0.15, 0.2) is 11.6 Å². The molecule has 1 aliphatic rings. The van der Waals surface area contributed by atoms with E-state index < -0.39 is 44.5 Å². The highest BCUT2D eigenvalue weighted by Gasteiger charge is 2.34. The molecule has 1 aliphatic heterocycles. The first kappa shape index (κ1) is 32.1. The number of nitrogens with zero attached hydrogens (tertiary/aromatic N) is 6. The van der Waals surface area contributed by atoms with E-state index in [2.05, 4.69) is 24.7 Å². The first-order valence-electron chi connectivity index (χ1n) is 13.3. The van der Waals surface area contributed by atoms with E-state index in [1.54, 1.807) is 11.0 Å². The average Bonchev–Trinajstić information content (AvgIpc) is 2.99. The Kier molecular flexibility index (Phi) is 8.82. The molecule has 12 nitrogen and oxygen atoms in total. The minimum atomic E-state index is -5.26. The highest BCUT2D eigenvalue weighted by molar-refractivity contribution is 7.92. The van der Waals surface area contributed by atoms with Crippen molar-refractivity contribution in [2.45, 2.75) is 18.2 Å². The van der Waals surface area contributed by atoms with Gasteiger partial charge in [0.05, 0.1) is 11.2 Å². The van der Waals surface area contributed by atoms with Gasteiger partial charge in [-0.05, 0) is 43.3 Å². The lowest BCUT2D eigenvalue weighted by Crippen LogP contribution is -2.48. The fourth-order valence-electron chi connectivity index (χ4n) is 4.50. The second-order valence-corrected chi connectivity index (χ2v) is 11.5. The molecule has 0 saturated carbocycles. The summed E-state index contributed by atoms with van der Waals surface area (Å²) in [4.78, 5) is 42.7. The maximum absolute atomic E-state index is 14.3. The number of anilines is 2. The number of rotatable bonds is 8.